The molecule has 8 nitrogen and oxygen atoms in total. The predicted molar refractivity (Wildman–Crippen MR) is 106 cm³/mol. The van der Waals surface area contributed by atoms with E-state index in [4.69, 9.17) is 16.1 Å². The number of hydrogen-bond acceptors (Lipinski definition) is 6. The smallest absolute Gasteiger partial charge is 0.270 e. The minimum absolute atomic E-state index is 0.0909. The van der Waals surface area contributed by atoms with Gasteiger partial charge in [-0.15, -0.1) is 0 Å². The summed E-state index contributed by atoms with van der Waals surface area (Å²) in [6.07, 6.45) is 1.59. The van der Waals surface area contributed by atoms with E-state index in [-0.39, 0.29) is 17.5 Å². The van der Waals surface area contributed by atoms with Crippen LogP contribution in [-0.4, -0.2) is 39.0 Å². The van der Waals surface area contributed by atoms with Gasteiger partial charge in [0.25, 0.3) is 11.6 Å². The van der Waals surface area contributed by atoms with Crippen LogP contribution in [0, 0.1) is 10.1 Å². The number of amides is 1. The Balaban J connectivity index is 1.51. The molecule has 9 heteroatoms. The Morgan fingerprint density at radius 3 is 2.86 bits per heavy atom. The number of halogens is 1. The molecule has 4 rings (SSSR count). The third kappa shape index (κ3) is 4.12. The van der Waals surface area contributed by atoms with E-state index in [1.54, 1.807) is 23.1 Å². The van der Waals surface area contributed by atoms with E-state index in [1.165, 1.54) is 18.2 Å². The van der Waals surface area contributed by atoms with Gasteiger partial charge in [0.05, 0.1) is 10.8 Å². The van der Waals surface area contributed by atoms with Crippen molar-refractivity contribution in [2.75, 3.05) is 13.1 Å². The summed E-state index contributed by atoms with van der Waals surface area (Å²) in [4.78, 5) is 29.5. The lowest BCUT2D eigenvalue weighted by molar-refractivity contribution is -0.384. The van der Waals surface area contributed by atoms with Gasteiger partial charge in [0, 0.05) is 41.4 Å². The summed E-state index contributed by atoms with van der Waals surface area (Å²) in [7, 11) is 0. The number of carbonyl (C=O) groups excluding carboxylic acids is 1. The number of carbonyl (C=O) groups is 1. The number of rotatable bonds is 4. The van der Waals surface area contributed by atoms with Crippen LogP contribution in [-0.2, 0) is 0 Å². The Kier molecular flexibility index (Phi) is 5.26. The number of piperidine rings is 1. The highest BCUT2D eigenvalue weighted by atomic mass is 35.5. The summed E-state index contributed by atoms with van der Waals surface area (Å²) in [6, 6.07) is 13.0. The van der Waals surface area contributed by atoms with E-state index >= 15 is 0 Å². The van der Waals surface area contributed by atoms with Crippen LogP contribution in [0.3, 0.4) is 0 Å². The predicted octanol–water partition coefficient (Wildman–Crippen LogP) is 4.32. The lowest BCUT2D eigenvalue weighted by atomic mass is 9.97. The van der Waals surface area contributed by atoms with Gasteiger partial charge in [0.2, 0.25) is 11.7 Å². The SMILES string of the molecule is O=C(c1cccc([N+](=O)[O-])c1)N1CCCC(c2nc(-c3cccc(Cl)c3)no2)C1. The quantitative estimate of drug-likeness (QED) is 0.467. The molecule has 0 spiro atoms. The van der Waals surface area contributed by atoms with E-state index in [1.807, 2.05) is 12.1 Å². The number of benzene rings is 2. The summed E-state index contributed by atoms with van der Waals surface area (Å²) >= 11 is 6.02. The summed E-state index contributed by atoms with van der Waals surface area (Å²) in [6.45, 7) is 0.992. The zero-order chi connectivity index (χ0) is 20.4. The molecule has 0 saturated carbocycles. The first kappa shape index (κ1) is 19.1. The number of nitro groups is 1. The van der Waals surface area contributed by atoms with Crippen LogP contribution in [0.15, 0.2) is 53.1 Å². The number of likely N-dealkylation sites (tertiary alicyclic amines) is 1. The maximum atomic E-state index is 12.8. The van der Waals surface area contributed by atoms with Crippen LogP contribution in [0.4, 0.5) is 5.69 Å². The van der Waals surface area contributed by atoms with E-state index in [9.17, 15) is 14.9 Å². The molecule has 148 valence electrons. The van der Waals surface area contributed by atoms with Gasteiger partial charge in [-0.1, -0.05) is 35.0 Å². The average Bonchev–Trinajstić information content (AvgIpc) is 3.24. The second-order valence-electron chi connectivity index (χ2n) is 6.86. The van der Waals surface area contributed by atoms with Crippen LogP contribution in [0.25, 0.3) is 11.4 Å². The largest absolute Gasteiger partial charge is 0.339 e. The van der Waals surface area contributed by atoms with Crippen LogP contribution in [0.1, 0.15) is 35.0 Å². The van der Waals surface area contributed by atoms with Gasteiger partial charge in [0.15, 0.2) is 0 Å². The molecule has 1 aliphatic heterocycles. The van der Waals surface area contributed by atoms with Gasteiger partial charge >= 0.3 is 0 Å². The molecule has 1 unspecified atom stereocenters. The number of nitrogens with zero attached hydrogens (tertiary/aromatic N) is 4. The van der Waals surface area contributed by atoms with Crippen LogP contribution >= 0.6 is 11.6 Å². The molecule has 0 radical (unpaired) electrons. The van der Waals surface area contributed by atoms with E-state index < -0.39 is 4.92 Å². The molecule has 1 aromatic heterocycles. The van der Waals surface area contributed by atoms with Crippen molar-refractivity contribution < 1.29 is 14.2 Å². The molecule has 2 aromatic carbocycles. The normalized spacial score (nSPS) is 16.6. The molecular formula is C20H17ClN4O4. The topological polar surface area (TPSA) is 102 Å². The third-order valence-corrected chi connectivity index (χ3v) is 5.12. The first-order chi connectivity index (χ1) is 14.0. The summed E-state index contributed by atoms with van der Waals surface area (Å²) in [5.41, 5.74) is 0.949. The van der Waals surface area contributed by atoms with Gasteiger partial charge in [-0.2, -0.15) is 4.98 Å². The maximum Gasteiger partial charge on any atom is 0.270 e. The minimum atomic E-state index is -0.508. The Hall–Kier alpha value is -3.26. The Morgan fingerprint density at radius 1 is 1.24 bits per heavy atom. The van der Waals surface area contributed by atoms with Crippen molar-refractivity contribution in [3.8, 4) is 11.4 Å². The molecular weight excluding hydrogens is 396 g/mol. The fourth-order valence-corrected chi connectivity index (χ4v) is 3.63. The fraction of sp³-hybridized carbons (Fsp3) is 0.250. The van der Waals surface area contributed by atoms with Crippen molar-refractivity contribution in [2.45, 2.75) is 18.8 Å². The minimum Gasteiger partial charge on any atom is -0.339 e. The second-order valence-corrected chi connectivity index (χ2v) is 7.30. The Labute approximate surface area is 171 Å². The summed E-state index contributed by atoms with van der Waals surface area (Å²) < 4.78 is 5.45. The van der Waals surface area contributed by atoms with Crippen LogP contribution < -0.4 is 0 Å². The van der Waals surface area contributed by atoms with Gasteiger partial charge < -0.3 is 9.42 Å². The second kappa shape index (κ2) is 8.00. The highest BCUT2D eigenvalue weighted by Crippen LogP contribution is 2.29. The van der Waals surface area contributed by atoms with Crippen molar-refractivity contribution in [3.63, 3.8) is 0 Å². The molecule has 3 aromatic rings. The Morgan fingerprint density at radius 2 is 2.07 bits per heavy atom. The molecule has 0 N–H and O–H groups in total. The zero-order valence-corrected chi connectivity index (χ0v) is 16.1. The average molecular weight is 413 g/mol. The molecule has 29 heavy (non-hydrogen) atoms. The molecule has 0 bridgehead atoms. The molecule has 0 aliphatic carbocycles. The molecule has 1 fully saturated rings. The molecule has 2 heterocycles. The standard InChI is InChI=1S/C20H17ClN4O4/c21-16-7-1-4-13(10-16)18-22-19(29-23-18)15-6-3-9-24(12-15)20(26)14-5-2-8-17(11-14)25(27)28/h1-2,4-5,7-8,10-11,15H,3,6,9,12H2. The number of aromatic nitrogens is 2. The highest BCUT2D eigenvalue weighted by Gasteiger charge is 2.29. The first-order valence-corrected chi connectivity index (χ1v) is 9.52. The van der Waals surface area contributed by atoms with Crippen molar-refractivity contribution >= 4 is 23.2 Å². The van der Waals surface area contributed by atoms with Crippen LogP contribution in [0.5, 0.6) is 0 Å². The highest BCUT2D eigenvalue weighted by molar-refractivity contribution is 6.30. The molecule has 1 aliphatic rings. The van der Waals surface area contributed by atoms with Gasteiger partial charge in [-0.25, -0.2) is 0 Å². The van der Waals surface area contributed by atoms with Crippen molar-refractivity contribution in [2.24, 2.45) is 0 Å². The summed E-state index contributed by atoms with van der Waals surface area (Å²) in [5, 5.41) is 15.6. The Bertz CT molecular complexity index is 1070. The summed E-state index contributed by atoms with van der Waals surface area (Å²) in [5.74, 6) is 0.584. The van der Waals surface area contributed by atoms with Crippen LogP contribution in [0.2, 0.25) is 5.02 Å². The van der Waals surface area contributed by atoms with Crippen molar-refractivity contribution in [1.82, 2.24) is 15.0 Å². The number of hydrogen-bond donors (Lipinski definition) is 0. The third-order valence-electron chi connectivity index (χ3n) is 4.89. The monoisotopic (exact) mass is 412 g/mol. The fourth-order valence-electron chi connectivity index (χ4n) is 3.44. The van der Waals surface area contributed by atoms with E-state index in [2.05, 4.69) is 10.1 Å². The maximum absolute atomic E-state index is 12.8. The molecule has 1 atom stereocenters. The number of nitro benzene ring substituents is 1. The van der Waals surface area contributed by atoms with Gasteiger partial charge in [-0.05, 0) is 31.0 Å². The molecule has 1 amide bonds. The lowest BCUT2D eigenvalue weighted by Crippen LogP contribution is -2.39. The lowest BCUT2D eigenvalue weighted by Gasteiger charge is -2.31. The number of non-ortho nitro benzene ring substituents is 1. The van der Waals surface area contributed by atoms with Crippen molar-refractivity contribution in [1.29, 1.82) is 0 Å². The van der Waals surface area contributed by atoms with Crippen molar-refractivity contribution in [3.05, 3.63) is 75.1 Å². The first-order valence-electron chi connectivity index (χ1n) is 9.14. The van der Waals surface area contributed by atoms with Gasteiger partial charge in [-0.3, -0.25) is 14.9 Å². The zero-order valence-electron chi connectivity index (χ0n) is 15.3. The van der Waals surface area contributed by atoms with E-state index in [0.717, 1.165) is 18.4 Å². The van der Waals surface area contributed by atoms with Gasteiger partial charge in [0.1, 0.15) is 0 Å². The molecule has 1 saturated heterocycles. The van der Waals surface area contributed by atoms with E-state index in [0.29, 0.717) is 35.4 Å².